The smallest absolute Gasteiger partial charge is 0.411 e. The lowest BCUT2D eigenvalue weighted by Crippen LogP contribution is -2.24. The number of para-hydroxylation sites is 1. The van der Waals surface area contributed by atoms with Gasteiger partial charge in [0.05, 0.1) is 0 Å². The molecule has 1 unspecified atom stereocenters. The summed E-state index contributed by atoms with van der Waals surface area (Å²) >= 11 is 12.6. The molecule has 96 valence electrons. The molecule has 1 aromatic carbocycles. The van der Waals surface area contributed by atoms with Crippen LogP contribution in [0.3, 0.4) is 0 Å². The van der Waals surface area contributed by atoms with Gasteiger partial charge in [-0.2, -0.15) is 0 Å². The number of halogens is 3. The highest BCUT2D eigenvalue weighted by atomic mass is 79.9. The Morgan fingerprint density at radius 3 is 2.18 bits per heavy atom. The molecule has 1 rings (SSSR count). The Morgan fingerprint density at radius 2 is 1.71 bits per heavy atom. The lowest BCUT2D eigenvalue weighted by molar-refractivity contribution is 0.391. The second-order valence-electron chi connectivity index (χ2n) is 3.19. The van der Waals surface area contributed by atoms with Gasteiger partial charge in [0, 0.05) is 35.0 Å². The molecular weight excluding hydrogens is 392 g/mol. The zero-order valence-corrected chi connectivity index (χ0v) is 13.9. The standard InChI is InChI=1S/C10H13Br2ClNO2P/c11-6-8-14(9-7-12)17(13,15)16-10-4-2-1-3-5-10/h1-5H,6-9H2. The highest BCUT2D eigenvalue weighted by Gasteiger charge is 2.29. The summed E-state index contributed by atoms with van der Waals surface area (Å²) < 4.78 is 19.3. The van der Waals surface area contributed by atoms with E-state index in [0.717, 1.165) is 0 Å². The largest absolute Gasteiger partial charge is 0.422 e. The third-order valence-corrected chi connectivity index (χ3v) is 5.05. The Labute approximate surface area is 123 Å². The molecule has 0 aliphatic heterocycles. The molecule has 7 heteroatoms. The van der Waals surface area contributed by atoms with Gasteiger partial charge in [-0.15, -0.1) is 0 Å². The quantitative estimate of drug-likeness (QED) is 0.494. The van der Waals surface area contributed by atoms with Crippen molar-refractivity contribution < 1.29 is 9.09 Å². The fraction of sp³-hybridized carbons (Fsp3) is 0.400. The first kappa shape index (κ1) is 15.5. The van der Waals surface area contributed by atoms with E-state index >= 15 is 0 Å². The summed E-state index contributed by atoms with van der Waals surface area (Å²) in [6.45, 7) is -2.17. The molecule has 1 atom stereocenters. The first-order valence-electron chi connectivity index (χ1n) is 5.02. The van der Waals surface area contributed by atoms with Crippen LogP contribution in [-0.4, -0.2) is 28.4 Å². The minimum atomic E-state index is -3.31. The van der Waals surface area contributed by atoms with Crippen LogP contribution in [-0.2, 0) is 4.57 Å². The van der Waals surface area contributed by atoms with Crippen LogP contribution in [0.5, 0.6) is 5.75 Å². The number of hydrogen-bond donors (Lipinski definition) is 0. The molecule has 0 N–H and O–H groups in total. The molecule has 0 aliphatic carbocycles. The fourth-order valence-corrected chi connectivity index (χ4v) is 4.49. The molecule has 0 heterocycles. The summed E-state index contributed by atoms with van der Waals surface area (Å²) in [5.41, 5.74) is 0. The molecule has 0 amide bonds. The molecule has 17 heavy (non-hydrogen) atoms. The molecule has 0 saturated carbocycles. The van der Waals surface area contributed by atoms with E-state index in [1.165, 1.54) is 0 Å². The average molecular weight is 405 g/mol. The van der Waals surface area contributed by atoms with Gasteiger partial charge in [-0.1, -0.05) is 50.1 Å². The van der Waals surface area contributed by atoms with Crippen LogP contribution >= 0.6 is 50.0 Å². The van der Waals surface area contributed by atoms with E-state index in [0.29, 0.717) is 29.5 Å². The van der Waals surface area contributed by atoms with Gasteiger partial charge in [-0.05, 0) is 12.1 Å². The Kier molecular flexibility index (Phi) is 7.12. The van der Waals surface area contributed by atoms with Gasteiger partial charge in [-0.3, -0.25) is 0 Å². The minimum Gasteiger partial charge on any atom is -0.422 e. The molecule has 0 aliphatic rings. The van der Waals surface area contributed by atoms with Gasteiger partial charge in [0.15, 0.2) is 0 Å². The highest BCUT2D eigenvalue weighted by Crippen LogP contribution is 2.55. The zero-order valence-electron chi connectivity index (χ0n) is 9.06. The zero-order chi connectivity index (χ0) is 12.7. The van der Waals surface area contributed by atoms with Gasteiger partial charge < -0.3 is 4.52 Å². The molecule has 0 radical (unpaired) electrons. The predicted molar refractivity (Wildman–Crippen MR) is 79.7 cm³/mol. The van der Waals surface area contributed by atoms with E-state index in [2.05, 4.69) is 31.9 Å². The summed E-state index contributed by atoms with van der Waals surface area (Å²) in [5, 5.41) is 1.38. The summed E-state index contributed by atoms with van der Waals surface area (Å²) in [5.74, 6) is 0.514. The van der Waals surface area contributed by atoms with Crippen molar-refractivity contribution in [1.29, 1.82) is 0 Å². The Morgan fingerprint density at radius 1 is 1.18 bits per heavy atom. The van der Waals surface area contributed by atoms with Crippen molar-refractivity contribution in [2.75, 3.05) is 23.7 Å². The van der Waals surface area contributed by atoms with Crippen LogP contribution in [0, 0.1) is 0 Å². The van der Waals surface area contributed by atoms with E-state index in [9.17, 15) is 4.57 Å². The lowest BCUT2D eigenvalue weighted by Gasteiger charge is -2.25. The van der Waals surface area contributed by atoms with E-state index in [1.807, 2.05) is 18.2 Å². The molecule has 1 aromatic rings. The van der Waals surface area contributed by atoms with Crippen molar-refractivity contribution in [2.45, 2.75) is 0 Å². The molecular formula is C10H13Br2ClNO2P. The second kappa shape index (κ2) is 7.80. The number of alkyl halides is 2. The first-order valence-corrected chi connectivity index (χ1v) is 9.74. The molecule has 0 aromatic heterocycles. The third-order valence-electron chi connectivity index (χ3n) is 1.98. The van der Waals surface area contributed by atoms with Crippen LogP contribution in [0.15, 0.2) is 30.3 Å². The maximum Gasteiger partial charge on any atom is 0.411 e. The van der Waals surface area contributed by atoms with Crippen molar-refractivity contribution in [3.8, 4) is 5.75 Å². The highest BCUT2D eigenvalue weighted by molar-refractivity contribution is 9.09. The Hall–Kier alpha value is 0.460. The van der Waals surface area contributed by atoms with Crippen molar-refractivity contribution >= 4 is 50.0 Å². The lowest BCUT2D eigenvalue weighted by atomic mass is 10.3. The topological polar surface area (TPSA) is 29.5 Å². The average Bonchev–Trinajstić information content (AvgIpc) is 2.29. The van der Waals surface area contributed by atoms with Gasteiger partial charge in [-0.25, -0.2) is 9.24 Å². The van der Waals surface area contributed by atoms with E-state index in [-0.39, 0.29) is 0 Å². The number of hydrogen-bond acceptors (Lipinski definition) is 2. The molecule has 0 spiro atoms. The summed E-state index contributed by atoms with van der Waals surface area (Å²) in [4.78, 5) is 0. The van der Waals surface area contributed by atoms with E-state index < -0.39 is 6.87 Å². The number of benzene rings is 1. The number of nitrogens with zero attached hydrogens (tertiary/aromatic N) is 1. The van der Waals surface area contributed by atoms with E-state index in [1.54, 1.807) is 16.8 Å². The van der Waals surface area contributed by atoms with Gasteiger partial charge in [0.25, 0.3) is 0 Å². The van der Waals surface area contributed by atoms with Crippen LogP contribution < -0.4 is 4.52 Å². The van der Waals surface area contributed by atoms with Crippen LogP contribution in [0.4, 0.5) is 0 Å². The van der Waals surface area contributed by atoms with Gasteiger partial charge in [0.1, 0.15) is 5.75 Å². The van der Waals surface area contributed by atoms with E-state index in [4.69, 9.17) is 15.8 Å². The normalized spacial score (nSPS) is 14.6. The second-order valence-corrected chi connectivity index (χ2v) is 7.71. The van der Waals surface area contributed by atoms with Crippen molar-refractivity contribution in [3.63, 3.8) is 0 Å². The van der Waals surface area contributed by atoms with Crippen molar-refractivity contribution in [1.82, 2.24) is 4.67 Å². The maximum absolute atomic E-state index is 12.3. The van der Waals surface area contributed by atoms with Crippen molar-refractivity contribution in [2.24, 2.45) is 0 Å². The Bertz CT molecular complexity index is 374. The van der Waals surface area contributed by atoms with Crippen molar-refractivity contribution in [3.05, 3.63) is 30.3 Å². The first-order chi connectivity index (χ1) is 8.10. The monoisotopic (exact) mass is 403 g/mol. The van der Waals surface area contributed by atoms with Crippen LogP contribution in [0.2, 0.25) is 0 Å². The third kappa shape index (κ3) is 5.31. The van der Waals surface area contributed by atoms with Gasteiger partial charge in [0.2, 0.25) is 0 Å². The summed E-state index contributed by atoms with van der Waals surface area (Å²) in [6.07, 6.45) is 0. The fourth-order valence-electron chi connectivity index (χ4n) is 1.21. The number of rotatable bonds is 7. The summed E-state index contributed by atoms with van der Waals surface area (Å²) in [6, 6.07) is 8.95. The predicted octanol–water partition coefficient (Wildman–Crippen LogP) is 4.50. The van der Waals surface area contributed by atoms with Crippen LogP contribution in [0.25, 0.3) is 0 Å². The Balaban J connectivity index is 2.74. The molecule has 3 nitrogen and oxygen atoms in total. The van der Waals surface area contributed by atoms with Crippen LogP contribution in [0.1, 0.15) is 0 Å². The molecule has 0 bridgehead atoms. The molecule has 0 saturated heterocycles. The maximum atomic E-state index is 12.3. The summed E-state index contributed by atoms with van der Waals surface area (Å²) in [7, 11) is 0. The SMILES string of the molecule is O=P(Cl)(Oc1ccccc1)N(CCBr)CCBr. The minimum absolute atomic E-state index is 0.514. The van der Waals surface area contributed by atoms with Gasteiger partial charge >= 0.3 is 6.87 Å². The molecule has 0 fully saturated rings.